The molecule has 2 N–H and O–H groups in total. The van der Waals surface area contributed by atoms with Crippen LogP contribution in [0.1, 0.15) is 12.8 Å². The first-order valence-corrected chi connectivity index (χ1v) is 4.66. The van der Waals surface area contributed by atoms with E-state index in [1.807, 2.05) is 0 Å². The van der Waals surface area contributed by atoms with Gasteiger partial charge in [-0.1, -0.05) is 0 Å². The van der Waals surface area contributed by atoms with Gasteiger partial charge in [0.1, 0.15) is 0 Å². The Hall–Kier alpha value is -1.78. The molecule has 0 aromatic carbocycles. The fraction of sp³-hybridized carbons (Fsp3) is 0.400. The average Bonchev–Trinajstić information content (AvgIpc) is 2.23. The summed E-state index contributed by atoms with van der Waals surface area (Å²) in [5.74, 6) is -0.271. The van der Waals surface area contributed by atoms with Crippen molar-refractivity contribution in [3.63, 3.8) is 0 Å². The molecule has 0 saturated heterocycles. The fourth-order valence-corrected chi connectivity index (χ4v) is 1.22. The molecule has 0 aliphatic carbocycles. The van der Waals surface area contributed by atoms with Gasteiger partial charge in [0.25, 0.3) is 5.56 Å². The summed E-state index contributed by atoms with van der Waals surface area (Å²) in [6, 6.07) is 2.96. The Bertz CT molecular complexity index is 398. The first-order valence-electron chi connectivity index (χ1n) is 4.66. The van der Waals surface area contributed by atoms with E-state index in [2.05, 4.69) is 4.74 Å². The Morgan fingerprint density at radius 2 is 2.27 bits per heavy atom. The number of hydrogen-bond acceptors (Lipinski definition) is 4. The summed E-state index contributed by atoms with van der Waals surface area (Å²) in [6.07, 6.45) is 2.44. The second-order valence-corrected chi connectivity index (χ2v) is 3.17. The summed E-state index contributed by atoms with van der Waals surface area (Å²) < 4.78 is 5.98. The molecule has 0 unspecified atom stereocenters. The van der Waals surface area contributed by atoms with E-state index in [1.165, 1.54) is 17.7 Å². The quantitative estimate of drug-likeness (QED) is 0.729. The van der Waals surface area contributed by atoms with Crippen LogP contribution >= 0.6 is 0 Å². The van der Waals surface area contributed by atoms with Crippen LogP contribution in [0.4, 0.5) is 5.69 Å². The number of carbonyl (C=O) groups excluding carboxylic acids is 1. The monoisotopic (exact) mass is 210 g/mol. The van der Waals surface area contributed by atoms with Crippen molar-refractivity contribution in [1.29, 1.82) is 0 Å². The predicted octanol–water partition coefficient (Wildman–Crippen LogP) is 0.384. The first-order chi connectivity index (χ1) is 7.13. The number of ether oxygens (including phenoxy) is 1. The number of aryl methyl sites for hydroxylation is 1. The number of hydrogen-bond donors (Lipinski definition) is 1. The van der Waals surface area contributed by atoms with Crippen LogP contribution in [0.5, 0.6) is 0 Å². The lowest BCUT2D eigenvalue weighted by molar-refractivity contribution is -0.140. The summed E-state index contributed by atoms with van der Waals surface area (Å²) in [7, 11) is 1.34. The number of esters is 1. The molecule has 0 fully saturated rings. The van der Waals surface area contributed by atoms with Gasteiger partial charge in [-0.05, 0) is 12.5 Å². The zero-order valence-corrected chi connectivity index (χ0v) is 8.60. The third kappa shape index (κ3) is 3.46. The number of anilines is 1. The third-order valence-corrected chi connectivity index (χ3v) is 2.01. The number of carbonyl (C=O) groups is 1. The molecular formula is C10H14N2O3. The van der Waals surface area contributed by atoms with Gasteiger partial charge in [0, 0.05) is 30.9 Å². The summed E-state index contributed by atoms with van der Waals surface area (Å²) in [5, 5.41) is 0. The number of nitrogens with two attached hydrogens (primary N) is 1. The van der Waals surface area contributed by atoms with E-state index in [4.69, 9.17) is 5.73 Å². The normalized spacial score (nSPS) is 9.93. The van der Waals surface area contributed by atoms with Crippen molar-refractivity contribution in [3.05, 3.63) is 28.7 Å². The van der Waals surface area contributed by atoms with Gasteiger partial charge < -0.3 is 15.0 Å². The van der Waals surface area contributed by atoms with Gasteiger partial charge in [-0.15, -0.1) is 0 Å². The highest BCUT2D eigenvalue weighted by molar-refractivity contribution is 5.68. The molecule has 5 heteroatoms. The summed E-state index contributed by atoms with van der Waals surface area (Å²) in [4.78, 5) is 22.1. The highest BCUT2D eigenvalue weighted by Crippen LogP contribution is 1.99. The molecule has 0 aliphatic rings. The SMILES string of the molecule is COC(=O)CCCn1cc(N)ccc1=O. The second kappa shape index (κ2) is 5.19. The van der Waals surface area contributed by atoms with E-state index in [9.17, 15) is 9.59 Å². The van der Waals surface area contributed by atoms with E-state index >= 15 is 0 Å². The molecule has 0 atom stereocenters. The fourth-order valence-electron chi connectivity index (χ4n) is 1.22. The topological polar surface area (TPSA) is 74.3 Å². The lowest BCUT2D eigenvalue weighted by Crippen LogP contribution is -2.19. The number of rotatable bonds is 4. The van der Waals surface area contributed by atoms with Crippen LogP contribution in [0.3, 0.4) is 0 Å². The van der Waals surface area contributed by atoms with E-state index in [0.717, 1.165) is 0 Å². The van der Waals surface area contributed by atoms with Crippen molar-refractivity contribution < 1.29 is 9.53 Å². The predicted molar refractivity (Wildman–Crippen MR) is 56.4 cm³/mol. The van der Waals surface area contributed by atoms with Crippen LogP contribution in [-0.2, 0) is 16.1 Å². The van der Waals surface area contributed by atoms with Crippen molar-refractivity contribution in [3.8, 4) is 0 Å². The molecule has 5 nitrogen and oxygen atoms in total. The minimum absolute atomic E-state index is 0.117. The van der Waals surface area contributed by atoms with E-state index in [1.54, 1.807) is 12.3 Å². The van der Waals surface area contributed by atoms with Crippen LogP contribution in [0.25, 0.3) is 0 Å². The molecule has 1 heterocycles. The molecule has 0 amide bonds. The van der Waals surface area contributed by atoms with Gasteiger partial charge in [-0.25, -0.2) is 0 Å². The standard InChI is InChI=1S/C10H14N2O3/c1-15-10(14)3-2-6-12-7-8(11)4-5-9(12)13/h4-5,7H,2-3,6,11H2,1H3. The van der Waals surface area contributed by atoms with E-state index in [0.29, 0.717) is 25.1 Å². The number of nitrogens with zero attached hydrogens (tertiary/aromatic N) is 1. The molecule has 1 aromatic rings. The number of pyridine rings is 1. The zero-order valence-electron chi connectivity index (χ0n) is 8.60. The maximum atomic E-state index is 11.3. The Balaban J connectivity index is 2.54. The van der Waals surface area contributed by atoms with Gasteiger partial charge >= 0.3 is 5.97 Å². The summed E-state index contributed by atoms with van der Waals surface area (Å²) in [6.45, 7) is 0.471. The van der Waals surface area contributed by atoms with Crippen LogP contribution in [0.2, 0.25) is 0 Å². The maximum Gasteiger partial charge on any atom is 0.305 e. The van der Waals surface area contributed by atoms with E-state index in [-0.39, 0.29) is 11.5 Å². The first kappa shape index (κ1) is 11.3. The molecule has 15 heavy (non-hydrogen) atoms. The number of nitrogen functional groups attached to an aromatic ring is 1. The van der Waals surface area contributed by atoms with Crippen LogP contribution in [-0.4, -0.2) is 17.6 Å². The summed E-state index contributed by atoms with van der Waals surface area (Å²) in [5.41, 5.74) is 5.95. The van der Waals surface area contributed by atoms with Crippen molar-refractivity contribution >= 4 is 11.7 Å². The molecule has 1 rings (SSSR count). The van der Waals surface area contributed by atoms with Gasteiger partial charge in [0.05, 0.1) is 7.11 Å². The highest BCUT2D eigenvalue weighted by atomic mass is 16.5. The second-order valence-electron chi connectivity index (χ2n) is 3.17. The van der Waals surface area contributed by atoms with Gasteiger partial charge in [0.15, 0.2) is 0 Å². The smallest absolute Gasteiger partial charge is 0.305 e. The molecular weight excluding hydrogens is 196 g/mol. The lowest BCUT2D eigenvalue weighted by atomic mass is 10.3. The summed E-state index contributed by atoms with van der Waals surface area (Å²) >= 11 is 0. The largest absolute Gasteiger partial charge is 0.469 e. The van der Waals surface area contributed by atoms with Gasteiger partial charge in [-0.2, -0.15) is 0 Å². The van der Waals surface area contributed by atoms with Gasteiger partial charge in [-0.3, -0.25) is 9.59 Å². The molecule has 0 radical (unpaired) electrons. The molecule has 0 spiro atoms. The molecule has 82 valence electrons. The van der Waals surface area contributed by atoms with Gasteiger partial charge in [0.2, 0.25) is 0 Å². The average molecular weight is 210 g/mol. The Morgan fingerprint density at radius 1 is 1.53 bits per heavy atom. The molecule has 1 aromatic heterocycles. The van der Waals surface area contributed by atoms with Crippen molar-refractivity contribution in [2.24, 2.45) is 0 Å². The lowest BCUT2D eigenvalue weighted by Gasteiger charge is -2.05. The van der Waals surface area contributed by atoms with Crippen LogP contribution < -0.4 is 11.3 Å². The molecule has 0 aliphatic heterocycles. The van der Waals surface area contributed by atoms with Crippen LogP contribution in [0, 0.1) is 0 Å². The molecule has 0 bridgehead atoms. The Kier molecular flexibility index (Phi) is 3.91. The van der Waals surface area contributed by atoms with E-state index < -0.39 is 0 Å². The van der Waals surface area contributed by atoms with Crippen molar-refractivity contribution in [1.82, 2.24) is 4.57 Å². The zero-order chi connectivity index (χ0) is 11.3. The molecule has 0 saturated carbocycles. The third-order valence-electron chi connectivity index (χ3n) is 2.01. The highest BCUT2D eigenvalue weighted by Gasteiger charge is 2.01. The maximum absolute atomic E-state index is 11.3. The minimum atomic E-state index is -0.271. The van der Waals surface area contributed by atoms with Crippen LogP contribution in [0.15, 0.2) is 23.1 Å². The Morgan fingerprint density at radius 3 is 2.93 bits per heavy atom. The Labute approximate surface area is 87.5 Å². The van der Waals surface area contributed by atoms with Crippen molar-refractivity contribution in [2.45, 2.75) is 19.4 Å². The number of methoxy groups -OCH3 is 1. The number of aromatic nitrogens is 1. The minimum Gasteiger partial charge on any atom is -0.469 e. The van der Waals surface area contributed by atoms with Crippen molar-refractivity contribution in [2.75, 3.05) is 12.8 Å².